The zero-order valence-corrected chi connectivity index (χ0v) is 14.9. The van der Waals surface area contributed by atoms with Crippen LogP contribution in [0.15, 0.2) is 48.5 Å². The van der Waals surface area contributed by atoms with E-state index >= 15 is 0 Å². The lowest BCUT2D eigenvalue weighted by atomic mass is 10.0. The Morgan fingerprint density at radius 2 is 1.73 bits per heavy atom. The van der Waals surface area contributed by atoms with E-state index in [1.165, 1.54) is 5.56 Å². The third-order valence-corrected chi connectivity index (χ3v) is 4.88. The quantitative estimate of drug-likeness (QED) is 0.612. The number of benzene rings is 2. The molecule has 0 atom stereocenters. The summed E-state index contributed by atoms with van der Waals surface area (Å²) >= 11 is 0. The van der Waals surface area contributed by atoms with Crippen molar-refractivity contribution in [3.8, 4) is 0 Å². The van der Waals surface area contributed by atoms with Crippen LogP contribution >= 0.6 is 0 Å². The molecule has 0 N–H and O–H groups in total. The predicted molar refractivity (Wildman–Crippen MR) is 101 cm³/mol. The summed E-state index contributed by atoms with van der Waals surface area (Å²) in [5, 5.41) is 11.4. The van der Waals surface area contributed by atoms with Gasteiger partial charge in [0.05, 0.1) is 4.92 Å². The molecule has 0 bridgehead atoms. The first kappa shape index (κ1) is 17.9. The van der Waals surface area contributed by atoms with Crippen molar-refractivity contribution in [3.63, 3.8) is 0 Å². The average molecular weight is 353 g/mol. The lowest BCUT2D eigenvalue weighted by Crippen LogP contribution is -2.48. The second-order valence-corrected chi connectivity index (χ2v) is 6.55. The molecule has 0 radical (unpaired) electrons. The Morgan fingerprint density at radius 1 is 1.04 bits per heavy atom. The van der Waals surface area contributed by atoms with Crippen molar-refractivity contribution >= 4 is 17.3 Å². The summed E-state index contributed by atoms with van der Waals surface area (Å²) in [7, 11) is 0. The lowest BCUT2D eigenvalue weighted by Gasteiger charge is -2.35. The van der Waals surface area contributed by atoms with Gasteiger partial charge in [0.25, 0.3) is 5.69 Å². The predicted octanol–water partition coefficient (Wildman–Crippen LogP) is 3.05. The van der Waals surface area contributed by atoms with Crippen LogP contribution in [0, 0.1) is 10.1 Å². The number of rotatable bonds is 5. The zero-order valence-electron chi connectivity index (χ0n) is 14.9. The monoisotopic (exact) mass is 353 g/mol. The van der Waals surface area contributed by atoms with Gasteiger partial charge in [0.1, 0.15) is 0 Å². The van der Waals surface area contributed by atoms with Crippen LogP contribution in [0.3, 0.4) is 0 Å². The highest BCUT2D eigenvalue weighted by Gasteiger charge is 2.21. The third kappa shape index (κ3) is 4.20. The van der Waals surface area contributed by atoms with Crippen LogP contribution in [0.5, 0.6) is 0 Å². The van der Waals surface area contributed by atoms with Gasteiger partial charge in [-0.25, -0.2) is 0 Å². The van der Waals surface area contributed by atoms with E-state index in [1.807, 2.05) is 47.4 Å². The number of nitro groups is 1. The maximum atomic E-state index is 11.5. The lowest BCUT2D eigenvalue weighted by molar-refractivity contribution is -0.385. The minimum atomic E-state index is -0.308. The Balaban J connectivity index is 1.76. The SMILES string of the molecule is CC(=O)N1CCN(c2ccc([N+](=O)[O-])c(CCc3ccccc3)c2)CC1. The molecular formula is C20H23N3O3. The van der Waals surface area contributed by atoms with Crippen LogP contribution in [0.2, 0.25) is 0 Å². The second-order valence-electron chi connectivity index (χ2n) is 6.55. The number of piperazine rings is 1. The van der Waals surface area contributed by atoms with Crippen LogP contribution in [-0.4, -0.2) is 41.9 Å². The molecule has 1 heterocycles. The van der Waals surface area contributed by atoms with Gasteiger partial charge in [-0.1, -0.05) is 30.3 Å². The van der Waals surface area contributed by atoms with E-state index in [9.17, 15) is 14.9 Å². The minimum Gasteiger partial charge on any atom is -0.368 e. The van der Waals surface area contributed by atoms with E-state index in [2.05, 4.69) is 4.90 Å². The smallest absolute Gasteiger partial charge is 0.272 e. The number of anilines is 1. The van der Waals surface area contributed by atoms with Gasteiger partial charge < -0.3 is 9.80 Å². The normalized spacial score (nSPS) is 14.3. The fraction of sp³-hybridized carbons (Fsp3) is 0.350. The van der Waals surface area contributed by atoms with Gasteiger partial charge in [-0.05, 0) is 30.5 Å². The summed E-state index contributed by atoms with van der Waals surface area (Å²) in [5.74, 6) is 0.0944. The van der Waals surface area contributed by atoms with E-state index in [1.54, 1.807) is 13.0 Å². The van der Waals surface area contributed by atoms with Crippen molar-refractivity contribution in [2.24, 2.45) is 0 Å². The van der Waals surface area contributed by atoms with Gasteiger partial charge in [0.2, 0.25) is 5.91 Å². The van der Waals surface area contributed by atoms with Gasteiger partial charge in [-0.2, -0.15) is 0 Å². The molecule has 0 saturated carbocycles. The van der Waals surface area contributed by atoms with Crippen LogP contribution in [0.25, 0.3) is 0 Å². The summed E-state index contributed by atoms with van der Waals surface area (Å²) < 4.78 is 0. The molecule has 2 aromatic rings. The molecular weight excluding hydrogens is 330 g/mol. The largest absolute Gasteiger partial charge is 0.368 e. The number of hydrogen-bond donors (Lipinski definition) is 0. The topological polar surface area (TPSA) is 66.7 Å². The molecule has 2 aromatic carbocycles. The molecule has 136 valence electrons. The molecule has 3 rings (SSSR count). The van der Waals surface area contributed by atoms with E-state index in [0.717, 1.165) is 30.8 Å². The molecule has 0 aromatic heterocycles. The highest BCUT2D eigenvalue weighted by Crippen LogP contribution is 2.27. The molecule has 0 aliphatic carbocycles. The fourth-order valence-corrected chi connectivity index (χ4v) is 3.35. The van der Waals surface area contributed by atoms with Crippen molar-refractivity contribution in [1.82, 2.24) is 4.90 Å². The number of nitrogens with zero attached hydrogens (tertiary/aromatic N) is 3. The van der Waals surface area contributed by atoms with Crippen molar-refractivity contribution in [3.05, 3.63) is 69.8 Å². The molecule has 1 aliphatic rings. The Hall–Kier alpha value is -2.89. The van der Waals surface area contributed by atoms with Gasteiger partial charge in [0, 0.05) is 50.4 Å². The Kier molecular flexibility index (Phi) is 5.51. The first-order valence-electron chi connectivity index (χ1n) is 8.86. The number of aryl methyl sites for hydroxylation is 2. The van der Waals surface area contributed by atoms with Crippen molar-refractivity contribution in [2.45, 2.75) is 19.8 Å². The van der Waals surface area contributed by atoms with Crippen molar-refractivity contribution < 1.29 is 9.72 Å². The second kappa shape index (κ2) is 7.99. The molecule has 1 saturated heterocycles. The molecule has 1 aliphatic heterocycles. The zero-order chi connectivity index (χ0) is 18.5. The van der Waals surface area contributed by atoms with Crippen LogP contribution in [0.1, 0.15) is 18.1 Å². The van der Waals surface area contributed by atoms with Gasteiger partial charge in [-0.3, -0.25) is 14.9 Å². The Labute approximate surface area is 153 Å². The fourth-order valence-electron chi connectivity index (χ4n) is 3.35. The summed E-state index contributed by atoms with van der Waals surface area (Å²) in [5.41, 5.74) is 3.08. The molecule has 6 nitrogen and oxygen atoms in total. The van der Waals surface area contributed by atoms with Gasteiger partial charge >= 0.3 is 0 Å². The maximum absolute atomic E-state index is 11.5. The first-order chi connectivity index (χ1) is 12.5. The van der Waals surface area contributed by atoms with Crippen LogP contribution in [0.4, 0.5) is 11.4 Å². The summed E-state index contributed by atoms with van der Waals surface area (Å²) in [4.78, 5) is 26.6. The molecule has 1 fully saturated rings. The van der Waals surface area contributed by atoms with E-state index < -0.39 is 0 Å². The maximum Gasteiger partial charge on any atom is 0.272 e. The number of carbonyl (C=O) groups excluding carboxylic acids is 1. The highest BCUT2D eigenvalue weighted by molar-refractivity contribution is 5.73. The van der Waals surface area contributed by atoms with E-state index in [-0.39, 0.29) is 16.5 Å². The first-order valence-corrected chi connectivity index (χ1v) is 8.86. The Morgan fingerprint density at radius 3 is 2.35 bits per heavy atom. The van der Waals surface area contributed by atoms with Crippen molar-refractivity contribution in [1.29, 1.82) is 0 Å². The average Bonchev–Trinajstić information content (AvgIpc) is 2.67. The third-order valence-electron chi connectivity index (χ3n) is 4.88. The highest BCUT2D eigenvalue weighted by atomic mass is 16.6. The minimum absolute atomic E-state index is 0.0944. The molecule has 6 heteroatoms. The van der Waals surface area contributed by atoms with Gasteiger partial charge in [-0.15, -0.1) is 0 Å². The number of hydrogen-bond acceptors (Lipinski definition) is 4. The number of amides is 1. The summed E-state index contributed by atoms with van der Waals surface area (Å²) in [6, 6.07) is 15.4. The van der Waals surface area contributed by atoms with E-state index in [4.69, 9.17) is 0 Å². The number of nitro benzene ring substituents is 1. The molecule has 26 heavy (non-hydrogen) atoms. The van der Waals surface area contributed by atoms with E-state index in [0.29, 0.717) is 19.5 Å². The van der Waals surface area contributed by atoms with Crippen molar-refractivity contribution in [2.75, 3.05) is 31.1 Å². The summed E-state index contributed by atoms with van der Waals surface area (Å²) in [6.45, 7) is 4.45. The molecule has 0 unspecified atom stereocenters. The molecule has 1 amide bonds. The summed E-state index contributed by atoms with van der Waals surface area (Å²) in [6.07, 6.45) is 1.39. The van der Waals surface area contributed by atoms with Gasteiger partial charge in [0.15, 0.2) is 0 Å². The van der Waals surface area contributed by atoms with Crippen LogP contribution in [-0.2, 0) is 17.6 Å². The molecule has 0 spiro atoms. The van der Waals surface area contributed by atoms with Crippen LogP contribution < -0.4 is 4.90 Å². The Bertz CT molecular complexity index is 784. The number of carbonyl (C=O) groups is 1. The standard InChI is InChI=1S/C20H23N3O3/c1-16(24)21-11-13-22(14-12-21)19-9-10-20(23(25)26)18(15-19)8-7-17-5-3-2-4-6-17/h2-6,9-10,15H,7-8,11-14H2,1H3.